The van der Waals surface area contributed by atoms with Crippen LogP contribution in [0.4, 0.5) is 0 Å². The van der Waals surface area contributed by atoms with Gasteiger partial charge in [0.05, 0.1) is 17.7 Å². The van der Waals surface area contributed by atoms with Crippen molar-refractivity contribution >= 4 is 11.8 Å². The number of likely N-dealkylation sites (N-methyl/N-ethyl adjacent to an activating group) is 1. The molecular formula is C15H17N3O3. The summed E-state index contributed by atoms with van der Waals surface area (Å²) in [4.78, 5) is 31.3. The van der Waals surface area contributed by atoms with Crippen LogP contribution in [0.3, 0.4) is 0 Å². The Labute approximate surface area is 123 Å². The number of aliphatic hydroxyl groups excluding tert-OH is 1. The van der Waals surface area contributed by atoms with E-state index in [1.54, 1.807) is 18.0 Å². The molecule has 0 atom stereocenters. The number of carbonyl (C=O) groups excluding carboxylic acids is 2. The molecule has 6 nitrogen and oxygen atoms in total. The fourth-order valence-electron chi connectivity index (χ4n) is 2.00. The van der Waals surface area contributed by atoms with Gasteiger partial charge >= 0.3 is 0 Å². The van der Waals surface area contributed by atoms with Crippen molar-refractivity contribution in [1.82, 2.24) is 14.8 Å². The summed E-state index contributed by atoms with van der Waals surface area (Å²) in [6, 6.07) is 1.61. The summed E-state index contributed by atoms with van der Waals surface area (Å²) in [5.41, 5.74) is 0.954. The Hall–Kier alpha value is -2.39. The number of amides is 2. The Morgan fingerprint density at radius 2 is 2.29 bits per heavy atom. The Kier molecular flexibility index (Phi) is 4.90. The number of hydrogen-bond acceptors (Lipinski definition) is 4. The highest BCUT2D eigenvalue weighted by Crippen LogP contribution is 2.12. The lowest BCUT2D eigenvalue weighted by atomic mass is 10.1. The topological polar surface area (TPSA) is 73.7 Å². The SMILES string of the molecule is CN1CCN(C(=O)c2ccncc2C#CCCO)CC1=O. The Morgan fingerprint density at radius 1 is 1.48 bits per heavy atom. The third-order valence-electron chi connectivity index (χ3n) is 3.26. The molecule has 1 aromatic heterocycles. The van der Waals surface area contributed by atoms with Crippen molar-refractivity contribution in [2.45, 2.75) is 6.42 Å². The van der Waals surface area contributed by atoms with Crippen LogP contribution in [0.1, 0.15) is 22.3 Å². The zero-order chi connectivity index (χ0) is 15.2. The largest absolute Gasteiger partial charge is 0.395 e. The first kappa shape index (κ1) is 15.0. The summed E-state index contributed by atoms with van der Waals surface area (Å²) in [6.45, 7) is 1.10. The van der Waals surface area contributed by atoms with Crippen LogP contribution < -0.4 is 0 Å². The standard InChI is InChI=1S/C15H17N3O3/c1-17-7-8-18(11-14(17)20)15(21)13-5-6-16-10-12(13)4-2-3-9-19/h5-6,10,19H,3,7-9,11H2,1H3. The minimum absolute atomic E-state index is 0.0243. The lowest BCUT2D eigenvalue weighted by molar-refractivity contribution is -0.133. The number of pyridine rings is 1. The predicted octanol–water partition coefficient (Wildman–Crippen LogP) is -0.270. The smallest absolute Gasteiger partial charge is 0.255 e. The second-order valence-electron chi connectivity index (χ2n) is 4.74. The van der Waals surface area contributed by atoms with Gasteiger partial charge in [-0.3, -0.25) is 14.6 Å². The number of carbonyl (C=O) groups is 2. The quantitative estimate of drug-likeness (QED) is 0.760. The number of nitrogens with zero attached hydrogens (tertiary/aromatic N) is 3. The number of piperazine rings is 1. The minimum atomic E-state index is -0.216. The second kappa shape index (κ2) is 6.86. The van der Waals surface area contributed by atoms with E-state index in [1.165, 1.54) is 17.3 Å². The third kappa shape index (κ3) is 3.58. The van der Waals surface area contributed by atoms with Crippen LogP contribution in [0.15, 0.2) is 18.5 Å². The Morgan fingerprint density at radius 3 is 3.00 bits per heavy atom. The molecule has 1 aliphatic rings. The molecule has 6 heteroatoms. The van der Waals surface area contributed by atoms with Gasteiger partial charge in [0.15, 0.2) is 0 Å². The molecule has 0 aliphatic carbocycles. The van der Waals surface area contributed by atoms with Crippen molar-refractivity contribution in [3.8, 4) is 11.8 Å². The number of aromatic nitrogens is 1. The van der Waals surface area contributed by atoms with Crippen molar-refractivity contribution in [1.29, 1.82) is 0 Å². The summed E-state index contributed by atoms with van der Waals surface area (Å²) >= 11 is 0. The van der Waals surface area contributed by atoms with Crippen LogP contribution in [0.5, 0.6) is 0 Å². The van der Waals surface area contributed by atoms with Crippen molar-refractivity contribution in [3.05, 3.63) is 29.6 Å². The first-order chi connectivity index (χ1) is 10.1. The third-order valence-corrected chi connectivity index (χ3v) is 3.26. The lowest BCUT2D eigenvalue weighted by Gasteiger charge is -2.32. The summed E-state index contributed by atoms with van der Waals surface area (Å²) in [7, 11) is 1.72. The molecule has 110 valence electrons. The van der Waals surface area contributed by atoms with E-state index in [-0.39, 0.29) is 25.0 Å². The Balaban J connectivity index is 2.20. The van der Waals surface area contributed by atoms with Crippen LogP contribution >= 0.6 is 0 Å². The van der Waals surface area contributed by atoms with Gasteiger partial charge in [-0.2, -0.15) is 0 Å². The molecule has 1 aliphatic heterocycles. The molecule has 2 amide bonds. The average molecular weight is 287 g/mol. The number of rotatable bonds is 2. The first-order valence-electron chi connectivity index (χ1n) is 6.70. The average Bonchev–Trinajstić information content (AvgIpc) is 2.50. The van der Waals surface area contributed by atoms with E-state index in [1.807, 2.05) is 0 Å². The fourth-order valence-corrected chi connectivity index (χ4v) is 2.00. The van der Waals surface area contributed by atoms with Gasteiger partial charge in [0.1, 0.15) is 6.54 Å². The van der Waals surface area contributed by atoms with Gasteiger partial charge in [0.2, 0.25) is 5.91 Å². The molecule has 21 heavy (non-hydrogen) atoms. The minimum Gasteiger partial charge on any atom is -0.395 e. The molecule has 1 aromatic rings. The van der Waals surface area contributed by atoms with Crippen molar-refractivity contribution < 1.29 is 14.7 Å². The molecule has 1 N–H and O–H groups in total. The van der Waals surface area contributed by atoms with Crippen LogP contribution in [-0.2, 0) is 4.79 Å². The number of hydrogen-bond donors (Lipinski definition) is 1. The van der Waals surface area contributed by atoms with E-state index in [9.17, 15) is 9.59 Å². The zero-order valence-corrected chi connectivity index (χ0v) is 11.9. The van der Waals surface area contributed by atoms with Crippen LogP contribution in [-0.4, -0.2) is 65.0 Å². The van der Waals surface area contributed by atoms with Crippen LogP contribution in [0.25, 0.3) is 0 Å². The van der Waals surface area contributed by atoms with Gasteiger partial charge in [0.25, 0.3) is 5.91 Å². The van der Waals surface area contributed by atoms with Crippen molar-refractivity contribution in [2.24, 2.45) is 0 Å². The van der Waals surface area contributed by atoms with Gasteiger partial charge in [-0.15, -0.1) is 0 Å². The molecule has 2 rings (SSSR count). The van der Waals surface area contributed by atoms with E-state index in [0.29, 0.717) is 30.6 Å². The predicted molar refractivity (Wildman–Crippen MR) is 76.4 cm³/mol. The maximum Gasteiger partial charge on any atom is 0.255 e. The van der Waals surface area contributed by atoms with Crippen LogP contribution in [0, 0.1) is 11.8 Å². The summed E-state index contributed by atoms with van der Waals surface area (Å²) in [5.74, 6) is 5.33. The first-order valence-corrected chi connectivity index (χ1v) is 6.70. The van der Waals surface area contributed by atoms with Crippen molar-refractivity contribution in [3.63, 3.8) is 0 Å². The molecule has 0 aromatic carbocycles. The van der Waals surface area contributed by atoms with Gasteiger partial charge in [-0.25, -0.2) is 0 Å². The highest BCUT2D eigenvalue weighted by atomic mass is 16.2. The highest BCUT2D eigenvalue weighted by Gasteiger charge is 2.26. The van der Waals surface area contributed by atoms with Gasteiger partial charge in [-0.05, 0) is 6.07 Å². The zero-order valence-electron chi connectivity index (χ0n) is 11.9. The van der Waals surface area contributed by atoms with E-state index in [4.69, 9.17) is 5.11 Å². The molecule has 0 spiro atoms. The maximum atomic E-state index is 12.5. The molecule has 1 saturated heterocycles. The summed E-state index contributed by atoms with van der Waals surface area (Å²) < 4.78 is 0. The summed E-state index contributed by atoms with van der Waals surface area (Å²) in [5, 5.41) is 8.75. The fraction of sp³-hybridized carbons (Fsp3) is 0.400. The molecule has 0 bridgehead atoms. The maximum absolute atomic E-state index is 12.5. The van der Waals surface area contributed by atoms with E-state index in [0.717, 1.165) is 0 Å². The molecule has 2 heterocycles. The molecule has 0 saturated carbocycles. The Bertz CT molecular complexity index is 604. The monoisotopic (exact) mass is 287 g/mol. The van der Waals surface area contributed by atoms with E-state index in [2.05, 4.69) is 16.8 Å². The number of aliphatic hydroxyl groups is 1. The van der Waals surface area contributed by atoms with Gasteiger partial charge in [-0.1, -0.05) is 11.8 Å². The highest BCUT2D eigenvalue weighted by molar-refractivity contribution is 5.98. The normalized spacial score (nSPS) is 14.7. The molecular weight excluding hydrogens is 270 g/mol. The van der Waals surface area contributed by atoms with Gasteiger partial charge in [0, 0.05) is 39.0 Å². The lowest BCUT2D eigenvalue weighted by Crippen LogP contribution is -2.50. The second-order valence-corrected chi connectivity index (χ2v) is 4.74. The van der Waals surface area contributed by atoms with E-state index >= 15 is 0 Å². The van der Waals surface area contributed by atoms with E-state index < -0.39 is 0 Å². The molecule has 0 unspecified atom stereocenters. The molecule has 0 radical (unpaired) electrons. The molecule has 1 fully saturated rings. The summed E-state index contributed by atoms with van der Waals surface area (Å²) in [6.07, 6.45) is 3.40. The van der Waals surface area contributed by atoms with Crippen molar-refractivity contribution in [2.75, 3.05) is 33.3 Å². The van der Waals surface area contributed by atoms with Gasteiger partial charge < -0.3 is 14.9 Å². The van der Waals surface area contributed by atoms with Crippen LogP contribution in [0.2, 0.25) is 0 Å².